The number of aromatic nitrogens is 1. The summed E-state index contributed by atoms with van der Waals surface area (Å²) in [7, 11) is -3.64. The zero-order chi connectivity index (χ0) is 14.8. The van der Waals surface area contributed by atoms with E-state index < -0.39 is 10.0 Å². The normalized spacial score (nSPS) is 14.4. The van der Waals surface area contributed by atoms with Crippen molar-refractivity contribution in [3.8, 4) is 0 Å². The number of nitrogens with zero attached hydrogens (tertiary/aromatic N) is 1. The van der Waals surface area contributed by atoms with Crippen LogP contribution in [-0.4, -0.2) is 19.9 Å². The van der Waals surface area contributed by atoms with Crippen LogP contribution in [0, 0.1) is 11.3 Å². The van der Waals surface area contributed by atoms with Gasteiger partial charge in [0.1, 0.15) is 10.0 Å². The number of sulfonamides is 1. The van der Waals surface area contributed by atoms with E-state index in [0.717, 1.165) is 0 Å². The lowest BCUT2D eigenvalue weighted by molar-refractivity contribution is 0.263. The second kappa shape index (κ2) is 6.08. The molecule has 108 valence electrons. The van der Waals surface area contributed by atoms with Gasteiger partial charge in [-0.05, 0) is 33.3 Å². The molecule has 1 unspecified atom stereocenters. The maximum atomic E-state index is 12.2. The Balaban J connectivity index is 2.91. The molecule has 1 aromatic rings. The number of hydrogen-bond donors (Lipinski definition) is 1. The topological polar surface area (TPSA) is 59.1 Å². The van der Waals surface area contributed by atoms with Crippen LogP contribution in [0.5, 0.6) is 0 Å². The maximum absolute atomic E-state index is 12.2. The van der Waals surface area contributed by atoms with Crippen molar-refractivity contribution in [2.75, 3.05) is 6.54 Å². The Bertz CT molecular complexity index is 555. The zero-order valence-electron chi connectivity index (χ0n) is 11.4. The molecule has 1 heterocycles. The van der Waals surface area contributed by atoms with Gasteiger partial charge < -0.3 is 0 Å². The highest BCUT2D eigenvalue weighted by Crippen LogP contribution is 2.26. The van der Waals surface area contributed by atoms with Gasteiger partial charge in [-0.1, -0.05) is 39.3 Å². The van der Waals surface area contributed by atoms with E-state index in [2.05, 4.69) is 46.4 Å². The molecule has 0 amide bonds. The summed E-state index contributed by atoms with van der Waals surface area (Å²) in [5.74, 6) is 0.196. The number of halogens is 2. The van der Waals surface area contributed by atoms with E-state index in [-0.39, 0.29) is 21.4 Å². The fourth-order valence-electron chi connectivity index (χ4n) is 1.21. The van der Waals surface area contributed by atoms with Crippen LogP contribution in [0.15, 0.2) is 21.6 Å². The van der Waals surface area contributed by atoms with Crippen LogP contribution in [0.25, 0.3) is 0 Å². The molecular formula is C12H18BrClN2O2S. The molecule has 0 saturated heterocycles. The largest absolute Gasteiger partial charge is 0.243 e. The van der Waals surface area contributed by atoms with Crippen LogP contribution >= 0.6 is 27.5 Å². The predicted molar refractivity (Wildman–Crippen MR) is 80.8 cm³/mol. The van der Waals surface area contributed by atoms with Gasteiger partial charge >= 0.3 is 0 Å². The molecule has 0 bridgehead atoms. The predicted octanol–water partition coefficient (Wildman–Crippen LogP) is 3.46. The summed E-state index contributed by atoms with van der Waals surface area (Å²) in [5, 5.41) is -0.0286. The number of rotatable bonds is 4. The van der Waals surface area contributed by atoms with E-state index >= 15 is 0 Å². The summed E-state index contributed by atoms with van der Waals surface area (Å²) >= 11 is 9.02. The first-order valence-electron chi connectivity index (χ1n) is 5.85. The quantitative estimate of drug-likeness (QED) is 0.827. The first kappa shape index (κ1) is 16.9. The van der Waals surface area contributed by atoms with Gasteiger partial charge in [0.2, 0.25) is 10.0 Å². The Morgan fingerprint density at radius 3 is 2.58 bits per heavy atom. The standard InChI is InChI=1S/C12H18BrClN2O2S/c1-8(12(2,3)4)6-16-19(17,18)10-5-9(13)7-15-11(10)14/h5,7-8,16H,6H2,1-4H3. The summed E-state index contributed by atoms with van der Waals surface area (Å²) < 4.78 is 27.5. The first-order chi connectivity index (χ1) is 8.54. The summed E-state index contributed by atoms with van der Waals surface area (Å²) in [5.41, 5.74) is 0.0296. The highest BCUT2D eigenvalue weighted by Gasteiger charge is 2.24. The smallest absolute Gasteiger partial charge is 0.242 e. The Hall–Kier alpha value is -0.170. The molecule has 0 aliphatic carbocycles. The number of nitrogens with one attached hydrogen (secondary N) is 1. The molecule has 0 fully saturated rings. The second-order valence-electron chi connectivity index (χ2n) is 5.56. The van der Waals surface area contributed by atoms with Gasteiger partial charge in [0.05, 0.1) is 0 Å². The molecule has 1 rings (SSSR count). The third kappa shape index (κ3) is 4.70. The van der Waals surface area contributed by atoms with Crippen LogP contribution in [0.2, 0.25) is 5.15 Å². The molecule has 0 aliphatic heterocycles. The second-order valence-corrected chi connectivity index (χ2v) is 8.57. The summed E-state index contributed by atoms with van der Waals surface area (Å²) in [6, 6.07) is 1.44. The van der Waals surface area contributed by atoms with Gasteiger partial charge in [0.15, 0.2) is 0 Å². The highest BCUT2D eigenvalue weighted by atomic mass is 79.9. The van der Waals surface area contributed by atoms with Crippen molar-refractivity contribution in [3.05, 3.63) is 21.9 Å². The lowest BCUT2D eigenvalue weighted by Gasteiger charge is -2.27. The summed E-state index contributed by atoms with van der Waals surface area (Å²) in [6.07, 6.45) is 1.46. The molecule has 0 saturated carbocycles. The lowest BCUT2D eigenvalue weighted by Crippen LogP contribution is -2.33. The minimum Gasteiger partial charge on any atom is -0.242 e. The average Bonchev–Trinajstić information content (AvgIpc) is 2.28. The third-order valence-corrected chi connectivity index (χ3v) is 5.40. The van der Waals surface area contributed by atoms with Crippen molar-refractivity contribution in [1.29, 1.82) is 0 Å². The van der Waals surface area contributed by atoms with E-state index in [0.29, 0.717) is 11.0 Å². The van der Waals surface area contributed by atoms with Crippen molar-refractivity contribution in [3.63, 3.8) is 0 Å². The van der Waals surface area contributed by atoms with Crippen molar-refractivity contribution < 1.29 is 8.42 Å². The molecule has 0 aliphatic rings. The van der Waals surface area contributed by atoms with Crippen LogP contribution in [-0.2, 0) is 10.0 Å². The minimum absolute atomic E-state index is 0.00958. The van der Waals surface area contributed by atoms with E-state index in [1.54, 1.807) is 0 Å². The SMILES string of the molecule is CC(CNS(=O)(=O)c1cc(Br)cnc1Cl)C(C)(C)C. The lowest BCUT2D eigenvalue weighted by atomic mass is 9.82. The van der Waals surface area contributed by atoms with Gasteiger partial charge in [-0.25, -0.2) is 18.1 Å². The van der Waals surface area contributed by atoms with E-state index in [1.165, 1.54) is 12.3 Å². The van der Waals surface area contributed by atoms with Crippen molar-refractivity contribution in [1.82, 2.24) is 9.71 Å². The third-order valence-electron chi connectivity index (χ3n) is 3.12. The molecule has 0 radical (unpaired) electrons. The van der Waals surface area contributed by atoms with Crippen molar-refractivity contribution >= 4 is 37.6 Å². The van der Waals surface area contributed by atoms with Crippen molar-refractivity contribution in [2.45, 2.75) is 32.6 Å². The van der Waals surface area contributed by atoms with Gasteiger partial charge in [-0.15, -0.1) is 0 Å². The molecule has 4 nitrogen and oxygen atoms in total. The molecular weight excluding hydrogens is 352 g/mol. The van der Waals surface area contributed by atoms with E-state index in [1.807, 2.05) is 6.92 Å². The highest BCUT2D eigenvalue weighted by molar-refractivity contribution is 9.10. The summed E-state index contributed by atoms with van der Waals surface area (Å²) in [6.45, 7) is 8.57. The van der Waals surface area contributed by atoms with Crippen LogP contribution < -0.4 is 4.72 Å². The number of hydrogen-bond acceptors (Lipinski definition) is 3. The Labute approximate surface area is 128 Å². The fourth-order valence-corrected chi connectivity index (χ4v) is 3.28. The van der Waals surface area contributed by atoms with Crippen LogP contribution in [0.1, 0.15) is 27.7 Å². The van der Waals surface area contributed by atoms with Gasteiger partial charge in [-0.2, -0.15) is 0 Å². The Morgan fingerprint density at radius 2 is 2.05 bits per heavy atom. The van der Waals surface area contributed by atoms with Gasteiger partial charge in [0.25, 0.3) is 0 Å². The minimum atomic E-state index is -3.64. The van der Waals surface area contributed by atoms with Gasteiger partial charge in [-0.3, -0.25) is 0 Å². The first-order valence-corrected chi connectivity index (χ1v) is 8.50. The van der Waals surface area contributed by atoms with Crippen LogP contribution in [0.3, 0.4) is 0 Å². The van der Waals surface area contributed by atoms with Gasteiger partial charge in [0, 0.05) is 17.2 Å². The van der Waals surface area contributed by atoms with E-state index in [9.17, 15) is 8.42 Å². The summed E-state index contributed by atoms with van der Waals surface area (Å²) in [4.78, 5) is 3.81. The fraction of sp³-hybridized carbons (Fsp3) is 0.583. The zero-order valence-corrected chi connectivity index (χ0v) is 14.5. The van der Waals surface area contributed by atoms with Crippen molar-refractivity contribution in [2.24, 2.45) is 11.3 Å². The Morgan fingerprint density at radius 1 is 1.47 bits per heavy atom. The molecule has 0 spiro atoms. The molecule has 1 N–H and O–H groups in total. The van der Waals surface area contributed by atoms with Crippen LogP contribution in [0.4, 0.5) is 0 Å². The monoisotopic (exact) mass is 368 g/mol. The molecule has 19 heavy (non-hydrogen) atoms. The average molecular weight is 370 g/mol. The molecule has 1 atom stereocenters. The molecule has 7 heteroatoms. The Kier molecular flexibility index (Phi) is 5.40. The maximum Gasteiger partial charge on any atom is 0.243 e. The number of pyridine rings is 1. The molecule has 0 aromatic carbocycles. The van der Waals surface area contributed by atoms with E-state index in [4.69, 9.17) is 11.6 Å². The molecule has 1 aromatic heterocycles.